The quantitative estimate of drug-likeness (QED) is 0.330. The lowest BCUT2D eigenvalue weighted by Crippen LogP contribution is -2.44. The minimum atomic E-state index is -4.98. The SMILES string of the molecule is CCOc1ccc(Cc2nc3cc(C(=O)N(CC(F)(F)F)CC(F)(F)F)ccc3n2CC2CCC2)nc1. The Hall–Kier alpha value is -3.31. The highest BCUT2D eigenvalue weighted by atomic mass is 19.4. The van der Waals surface area contributed by atoms with Crippen LogP contribution in [0.15, 0.2) is 36.5 Å². The standard InChI is InChI=1S/C25H26F6N4O2/c1-2-37-19-8-7-18(32-12-19)11-22-33-20-10-17(6-9-21(20)35(22)13-16-4-3-5-16)23(36)34(14-24(26,27)28)15-25(29,30)31/h6-10,12,16H,2-5,11,13-15H2,1H3. The summed E-state index contributed by atoms with van der Waals surface area (Å²) in [7, 11) is 0. The zero-order chi connectivity index (χ0) is 26.8. The second kappa shape index (κ2) is 10.6. The van der Waals surface area contributed by atoms with Crippen LogP contribution in [-0.2, 0) is 13.0 Å². The first kappa shape index (κ1) is 26.7. The van der Waals surface area contributed by atoms with Gasteiger partial charge in [-0.25, -0.2) is 4.98 Å². The van der Waals surface area contributed by atoms with Gasteiger partial charge in [0.15, 0.2) is 0 Å². The third-order valence-electron chi connectivity index (χ3n) is 6.22. The van der Waals surface area contributed by atoms with Crippen molar-refractivity contribution in [2.75, 3.05) is 19.7 Å². The maximum Gasteiger partial charge on any atom is 0.406 e. The average Bonchev–Trinajstić information content (AvgIpc) is 3.10. The molecule has 1 aliphatic carbocycles. The summed E-state index contributed by atoms with van der Waals surface area (Å²) in [4.78, 5) is 21.5. The fraction of sp³-hybridized carbons (Fsp3) is 0.480. The summed E-state index contributed by atoms with van der Waals surface area (Å²) in [6, 6.07) is 7.63. The Morgan fingerprint density at radius 1 is 1.08 bits per heavy atom. The van der Waals surface area contributed by atoms with Crippen molar-refractivity contribution in [3.63, 3.8) is 0 Å². The van der Waals surface area contributed by atoms with E-state index in [9.17, 15) is 31.1 Å². The first-order valence-electron chi connectivity index (χ1n) is 11.9. The number of ether oxygens (including phenoxy) is 1. The average molecular weight is 528 g/mol. The smallest absolute Gasteiger partial charge is 0.406 e. The number of alkyl halides is 6. The lowest BCUT2D eigenvalue weighted by atomic mass is 9.85. The number of fused-ring (bicyclic) bond motifs is 1. The summed E-state index contributed by atoms with van der Waals surface area (Å²) in [5.41, 5.74) is 1.40. The number of aromatic nitrogens is 3. The van der Waals surface area contributed by atoms with E-state index in [1.165, 1.54) is 18.2 Å². The normalized spacial score (nSPS) is 14.6. The number of hydrogen-bond acceptors (Lipinski definition) is 4. The van der Waals surface area contributed by atoms with Gasteiger partial charge in [0.25, 0.3) is 5.91 Å². The molecule has 1 fully saturated rings. The fourth-order valence-corrected chi connectivity index (χ4v) is 4.33. The van der Waals surface area contributed by atoms with Crippen molar-refractivity contribution in [3.8, 4) is 5.75 Å². The molecule has 2 aromatic heterocycles. The third-order valence-corrected chi connectivity index (χ3v) is 6.22. The number of hydrogen-bond donors (Lipinski definition) is 0. The van der Waals surface area contributed by atoms with Gasteiger partial charge in [-0.1, -0.05) is 6.42 Å². The molecule has 0 unspecified atom stereocenters. The van der Waals surface area contributed by atoms with Crippen LogP contribution in [0.2, 0.25) is 0 Å². The predicted octanol–water partition coefficient (Wildman–Crippen LogP) is 5.79. The largest absolute Gasteiger partial charge is 0.492 e. The summed E-state index contributed by atoms with van der Waals surface area (Å²) in [5, 5.41) is 0. The molecule has 37 heavy (non-hydrogen) atoms. The second-order valence-electron chi connectivity index (χ2n) is 9.13. The van der Waals surface area contributed by atoms with E-state index >= 15 is 0 Å². The van der Waals surface area contributed by atoms with Crippen LogP contribution in [0, 0.1) is 5.92 Å². The zero-order valence-corrected chi connectivity index (χ0v) is 20.1. The molecular weight excluding hydrogens is 502 g/mol. The van der Waals surface area contributed by atoms with Crippen LogP contribution in [0.25, 0.3) is 11.0 Å². The van der Waals surface area contributed by atoms with Crippen LogP contribution in [0.3, 0.4) is 0 Å². The minimum Gasteiger partial charge on any atom is -0.492 e. The third kappa shape index (κ3) is 6.92. The van der Waals surface area contributed by atoms with Gasteiger partial charge in [-0.3, -0.25) is 9.78 Å². The van der Waals surface area contributed by atoms with Crippen LogP contribution >= 0.6 is 0 Å². The van der Waals surface area contributed by atoms with Crippen LogP contribution in [-0.4, -0.2) is 57.4 Å². The first-order chi connectivity index (χ1) is 17.4. The molecule has 0 bridgehead atoms. The Morgan fingerprint density at radius 3 is 2.32 bits per heavy atom. The predicted molar refractivity (Wildman–Crippen MR) is 123 cm³/mol. The van der Waals surface area contributed by atoms with Gasteiger partial charge < -0.3 is 14.2 Å². The summed E-state index contributed by atoms with van der Waals surface area (Å²) >= 11 is 0. The monoisotopic (exact) mass is 528 g/mol. The lowest BCUT2D eigenvalue weighted by Gasteiger charge is -2.27. The molecule has 1 amide bonds. The van der Waals surface area contributed by atoms with Crippen molar-refractivity contribution in [3.05, 3.63) is 53.6 Å². The van der Waals surface area contributed by atoms with Crippen molar-refractivity contribution in [2.24, 2.45) is 5.92 Å². The van der Waals surface area contributed by atoms with Gasteiger partial charge in [-0.15, -0.1) is 0 Å². The van der Waals surface area contributed by atoms with E-state index in [1.54, 1.807) is 18.3 Å². The van der Waals surface area contributed by atoms with Gasteiger partial charge in [-0.2, -0.15) is 26.3 Å². The van der Waals surface area contributed by atoms with Crippen molar-refractivity contribution in [1.29, 1.82) is 0 Å². The number of nitrogens with zero attached hydrogens (tertiary/aromatic N) is 4. The summed E-state index contributed by atoms with van der Waals surface area (Å²) in [5.74, 6) is 0.352. The summed E-state index contributed by atoms with van der Waals surface area (Å²) in [6.45, 7) is -0.976. The Balaban J connectivity index is 1.66. The molecule has 1 saturated carbocycles. The van der Waals surface area contributed by atoms with Gasteiger partial charge in [0, 0.05) is 24.2 Å². The molecule has 0 atom stereocenters. The van der Waals surface area contributed by atoms with Gasteiger partial charge in [0.1, 0.15) is 24.7 Å². The maximum atomic E-state index is 12.9. The summed E-state index contributed by atoms with van der Waals surface area (Å²) < 4.78 is 84.9. The van der Waals surface area contributed by atoms with Crippen LogP contribution in [0.1, 0.15) is 48.1 Å². The molecule has 6 nitrogen and oxygen atoms in total. The number of amides is 1. The minimum absolute atomic E-state index is 0.239. The highest BCUT2D eigenvalue weighted by molar-refractivity contribution is 5.97. The van der Waals surface area contributed by atoms with Crippen molar-refractivity contribution >= 4 is 16.9 Å². The van der Waals surface area contributed by atoms with Crippen LogP contribution < -0.4 is 4.74 Å². The molecule has 0 radical (unpaired) electrons. The number of carbonyl (C=O) groups excluding carboxylic acids is 1. The molecule has 4 rings (SSSR count). The molecule has 1 aliphatic rings. The van der Waals surface area contributed by atoms with Crippen LogP contribution in [0.4, 0.5) is 26.3 Å². The zero-order valence-electron chi connectivity index (χ0n) is 20.1. The molecule has 2 heterocycles. The van der Waals surface area contributed by atoms with E-state index in [-0.39, 0.29) is 10.5 Å². The van der Waals surface area contributed by atoms with E-state index in [2.05, 4.69) is 9.97 Å². The number of halogens is 6. The van der Waals surface area contributed by atoms with E-state index < -0.39 is 31.3 Å². The number of imidazole rings is 1. The van der Waals surface area contributed by atoms with E-state index in [1.807, 2.05) is 11.5 Å². The van der Waals surface area contributed by atoms with Gasteiger partial charge in [0.05, 0.1) is 23.8 Å². The second-order valence-corrected chi connectivity index (χ2v) is 9.13. The highest BCUT2D eigenvalue weighted by Crippen LogP contribution is 2.31. The fourth-order valence-electron chi connectivity index (χ4n) is 4.33. The number of pyridine rings is 1. The van der Waals surface area contributed by atoms with Crippen molar-refractivity contribution < 1.29 is 35.9 Å². The van der Waals surface area contributed by atoms with E-state index in [0.717, 1.165) is 19.3 Å². The van der Waals surface area contributed by atoms with Gasteiger partial charge in [0.2, 0.25) is 0 Å². The topological polar surface area (TPSA) is 60.2 Å². The van der Waals surface area contributed by atoms with E-state index in [4.69, 9.17) is 4.74 Å². The molecular formula is C25H26F6N4O2. The van der Waals surface area contributed by atoms with Crippen molar-refractivity contribution in [2.45, 2.75) is 51.5 Å². The Kier molecular flexibility index (Phi) is 7.65. The molecule has 0 spiro atoms. The Bertz CT molecular complexity index is 1220. The molecule has 3 aromatic rings. The number of benzene rings is 1. The highest BCUT2D eigenvalue weighted by Gasteiger charge is 2.40. The molecule has 0 N–H and O–H groups in total. The van der Waals surface area contributed by atoms with Gasteiger partial charge in [-0.05, 0) is 56.0 Å². The van der Waals surface area contributed by atoms with Crippen molar-refractivity contribution in [1.82, 2.24) is 19.4 Å². The number of carbonyl (C=O) groups is 1. The number of rotatable bonds is 9. The van der Waals surface area contributed by atoms with E-state index in [0.29, 0.717) is 53.8 Å². The molecule has 1 aromatic carbocycles. The first-order valence-corrected chi connectivity index (χ1v) is 11.9. The Labute approximate surface area is 209 Å². The molecule has 12 heteroatoms. The molecule has 200 valence electrons. The maximum absolute atomic E-state index is 12.9. The van der Waals surface area contributed by atoms with Crippen LogP contribution in [0.5, 0.6) is 5.75 Å². The summed E-state index contributed by atoms with van der Waals surface area (Å²) in [6.07, 6.45) is -4.77. The van der Waals surface area contributed by atoms with Gasteiger partial charge >= 0.3 is 12.4 Å². The lowest BCUT2D eigenvalue weighted by molar-refractivity contribution is -0.171. The molecule has 0 saturated heterocycles. The molecule has 0 aliphatic heterocycles. The Morgan fingerprint density at radius 2 is 1.78 bits per heavy atom.